The summed E-state index contributed by atoms with van der Waals surface area (Å²) in [5.74, 6) is -1.88. The van der Waals surface area contributed by atoms with Crippen molar-refractivity contribution in [2.75, 3.05) is 0 Å². The van der Waals surface area contributed by atoms with Gasteiger partial charge in [-0.2, -0.15) is 0 Å². The minimum absolute atomic E-state index is 0. The van der Waals surface area contributed by atoms with Gasteiger partial charge in [-0.1, -0.05) is 13.8 Å². The summed E-state index contributed by atoms with van der Waals surface area (Å²) in [6.45, 7) is 3.50. The van der Waals surface area contributed by atoms with E-state index in [0.717, 1.165) is 0 Å². The molecule has 6 heteroatoms. The van der Waals surface area contributed by atoms with Gasteiger partial charge in [0.15, 0.2) is 0 Å². The minimum atomic E-state index is -0.748. The standard InChI is InChI=1S/C7H10N2O3.Na.H/c1-3(2)4-5(10)8-7(12)9-6(4)11;;/h3-4H,1-2H3,(H2,8,9,10,11,12);;. The van der Waals surface area contributed by atoms with E-state index < -0.39 is 23.8 Å². The molecule has 1 rings (SSSR count). The van der Waals surface area contributed by atoms with E-state index in [0.29, 0.717) is 0 Å². The number of urea groups is 1. The van der Waals surface area contributed by atoms with Gasteiger partial charge >= 0.3 is 35.6 Å². The van der Waals surface area contributed by atoms with Gasteiger partial charge in [0.05, 0.1) is 0 Å². The molecule has 0 aromatic rings. The zero-order valence-corrected chi connectivity index (χ0v) is 6.88. The molecule has 1 fully saturated rings. The Bertz CT molecular complexity index is 232. The Morgan fingerprint density at radius 1 is 1.08 bits per heavy atom. The average molecular weight is 194 g/mol. The number of rotatable bonds is 1. The first kappa shape index (κ1) is 12.6. The summed E-state index contributed by atoms with van der Waals surface area (Å²) in [4.78, 5) is 32.7. The van der Waals surface area contributed by atoms with Crippen LogP contribution in [0.4, 0.5) is 4.79 Å². The second-order valence-corrected chi connectivity index (χ2v) is 3.03. The molecule has 4 amide bonds. The van der Waals surface area contributed by atoms with E-state index in [-0.39, 0.29) is 35.5 Å². The molecule has 5 nitrogen and oxygen atoms in total. The molecule has 0 aromatic heterocycles. The Morgan fingerprint density at radius 2 is 1.46 bits per heavy atom. The molecule has 0 unspecified atom stereocenters. The number of carbonyl (C=O) groups excluding carboxylic acids is 3. The molecule has 0 aromatic carbocycles. The fourth-order valence-corrected chi connectivity index (χ4v) is 1.14. The summed E-state index contributed by atoms with van der Waals surface area (Å²) in [5, 5.41) is 4.06. The molecule has 13 heavy (non-hydrogen) atoms. The summed E-state index contributed by atoms with van der Waals surface area (Å²) >= 11 is 0. The van der Waals surface area contributed by atoms with Crippen LogP contribution < -0.4 is 10.6 Å². The Balaban J connectivity index is 0.00000144. The molecule has 68 valence electrons. The topological polar surface area (TPSA) is 75.3 Å². The van der Waals surface area contributed by atoms with Crippen molar-refractivity contribution in [3.8, 4) is 0 Å². The van der Waals surface area contributed by atoms with E-state index >= 15 is 0 Å². The van der Waals surface area contributed by atoms with E-state index in [9.17, 15) is 14.4 Å². The van der Waals surface area contributed by atoms with Crippen molar-refractivity contribution in [3.63, 3.8) is 0 Å². The predicted octanol–water partition coefficient (Wildman–Crippen LogP) is -1.02. The van der Waals surface area contributed by atoms with Crippen LogP contribution >= 0.6 is 0 Å². The number of imide groups is 2. The molecule has 0 saturated carbocycles. The van der Waals surface area contributed by atoms with Gasteiger partial charge < -0.3 is 0 Å². The molecule has 0 spiro atoms. The van der Waals surface area contributed by atoms with Crippen LogP contribution in [0.3, 0.4) is 0 Å². The Morgan fingerprint density at radius 3 is 1.77 bits per heavy atom. The molecular weight excluding hydrogens is 183 g/mol. The molecule has 0 aliphatic carbocycles. The van der Waals surface area contributed by atoms with Gasteiger partial charge in [-0.25, -0.2) is 4.79 Å². The average Bonchev–Trinajstić information content (AvgIpc) is 1.82. The summed E-state index contributed by atoms with van der Waals surface area (Å²) in [7, 11) is 0. The number of barbiturate groups is 1. The summed E-state index contributed by atoms with van der Waals surface area (Å²) in [6.07, 6.45) is 0. The van der Waals surface area contributed by atoms with Crippen molar-refractivity contribution in [1.29, 1.82) is 0 Å². The maximum atomic E-state index is 11.1. The molecular formula is C7H11N2NaO3. The monoisotopic (exact) mass is 194 g/mol. The van der Waals surface area contributed by atoms with Crippen LogP contribution in [0.1, 0.15) is 13.8 Å². The van der Waals surface area contributed by atoms with Gasteiger partial charge in [0.25, 0.3) is 0 Å². The van der Waals surface area contributed by atoms with Crippen molar-refractivity contribution < 1.29 is 14.4 Å². The Labute approximate surface area is 97.9 Å². The van der Waals surface area contributed by atoms with Crippen LogP contribution in [0.5, 0.6) is 0 Å². The van der Waals surface area contributed by atoms with Crippen molar-refractivity contribution in [2.24, 2.45) is 11.8 Å². The number of carbonyl (C=O) groups is 3. The fourth-order valence-electron chi connectivity index (χ4n) is 1.14. The van der Waals surface area contributed by atoms with Crippen LogP contribution in [-0.4, -0.2) is 47.4 Å². The van der Waals surface area contributed by atoms with E-state index in [1.165, 1.54) is 0 Å². The maximum absolute atomic E-state index is 11.1. The van der Waals surface area contributed by atoms with Gasteiger partial charge in [0.1, 0.15) is 5.92 Å². The third kappa shape index (κ3) is 2.79. The quantitative estimate of drug-likeness (QED) is 0.414. The third-order valence-electron chi connectivity index (χ3n) is 1.71. The van der Waals surface area contributed by atoms with Gasteiger partial charge in [-0.05, 0) is 5.92 Å². The zero-order chi connectivity index (χ0) is 9.30. The number of hydrogen-bond acceptors (Lipinski definition) is 3. The van der Waals surface area contributed by atoms with Crippen molar-refractivity contribution in [2.45, 2.75) is 13.8 Å². The van der Waals surface area contributed by atoms with Gasteiger partial charge in [0.2, 0.25) is 11.8 Å². The SMILES string of the molecule is CC(C)C1C(=O)NC(=O)NC1=O.[NaH]. The normalized spacial score (nSPS) is 17.9. The first-order valence-electron chi connectivity index (χ1n) is 3.68. The summed E-state index contributed by atoms with van der Waals surface area (Å²) in [6, 6.07) is -0.734. The van der Waals surface area contributed by atoms with Crippen LogP contribution in [0, 0.1) is 11.8 Å². The van der Waals surface area contributed by atoms with Gasteiger partial charge in [0, 0.05) is 0 Å². The van der Waals surface area contributed by atoms with E-state index in [1.807, 2.05) is 10.6 Å². The number of nitrogens with one attached hydrogen (secondary N) is 2. The molecule has 0 atom stereocenters. The van der Waals surface area contributed by atoms with Crippen LogP contribution in [0.15, 0.2) is 0 Å². The molecule has 1 aliphatic heterocycles. The molecule has 1 heterocycles. The number of amides is 4. The van der Waals surface area contributed by atoms with Crippen molar-refractivity contribution in [3.05, 3.63) is 0 Å². The van der Waals surface area contributed by atoms with Gasteiger partial charge in [-0.3, -0.25) is 20.2 Å². The molecule has 1 saturated heterocycles. The Kier molecular flexibility index (Phi) is 4.60. The van der Waals surface area contributed by atoms with Crippen LogP contribution in [-0.2, 0) is 9.59 Å². The van der Waals surface area contributed by atoms with E-state index in [2.05, 4.69) is 0 Å². The first-order valence-corrected chi connectivity index (χ1v) is 3.68. The molecule has 2 N–H and O–H groups in total. The second kappa shape index (κ2) is 4.74. The number of hydrogen-bond donors (Lipinski definition) is 2. The Hall–Kier alpha value is -0.390. The van der Waals surface area contributed by atoms with E-state index in [1.54, 1.807) is 13.8 Å². The zero-order valence-electron chi connectivity index (χ0n) is 6.88. The first-order chi connectivity index (χ1) is 5.52. The molecule has 1 aliphatic rings. The van der Waals surface area contributed by atoms with Crippen molar-refractivity contribution in [1.82, 2.24) is 10.6 Å². The molecule has 0 radical (unpaired) electrons. The second-order valence-electron chi connectivity index (χ2n) is 3.03. The summed E-state index contributed by atoms with van der Waals surface area (Å²) < 4.78 is 0. The third-order valence-corrected chi connectivity index (χ3v) is 1.71. The summed E-state index contributed by atoms with van der Waals surface area (Å²) in [5.41, 5.74) is 0. The van der Waals surface area contributed by atoms with E-state index in [4.69, 9.17) is 0 Å². The fraction of sp³-hybridized carbons (Fsp3) is 0.571. The predicted molar refractivity (Wildman–Crippen MR) is 47.2 cm³/mol. The van der Waals surface area contributed by atoms with Crippen LogP contribution in [0.25, 0.3) is 0 Å². The van der Waals surface area contributed by atoms with Gasteiger partial charge in [-0.15, -0.1) is 0 Å². The van der Waals surface area contributed by atoms with Crippen LogP contribution in [0.2, 0.25) is 0 Å². The van der Waals surface area contributed by atoms with Crippen molar-refractivity contribution >= 4 is 47.4 Å². The molecule has 0 bridgehead atoms.